The van der Waals surface area contributed by atoms with E-state index in [0.29, 0.717) is 10.9 Å². The van der Waals surface area contributed by atoms with Crippen LogP contribution in [0.4, 0.5) is 11.4 Å². The minimum atomic E-state index is -0.274. The second kappa shape index (κ2) is 5.45. The molecule has 3 rings (SSSR count). The van der Waals surface area contributed by atoms with Crippen LogP contribution in [0.3, 0.4) is 0 Å². The number of nitrogens with zero attached hydrogens (tertiary/aromatic N) is 3. The quantitative estimate of drug-likeness (QED) is 0.619. The Balaban J connectivity index is 2.14. The van der Waals surface area contributed by atoms with Gasteiger partial charge in [-0.25, -0.2) is 0 Å². The summed E-state index contributed by atoms with van der Waals surface area (Å²) in [4.78, 5) is 17.6. The molecule has 0 spiro atoms. The van der Waals surface area contributed by atoms with Crippen molar-refractivity contribution < 1.29 is 4.92 Å². The summed E-state index contributed by atoms with van der Waals surface area (Å²) in [6, 6.07) is 7.25. The molecule has 1 saturated heterocycles. The molecule has 0 amide bonds. The molecule has 5 heteroatoms. The van der Waals surface area contributed by atoms with Crippen molar-refractivity contribution in [2.45, 2.75) is 25.7 Å². The summed E-state index contributed by atoms with van der Waals surface area (Å²) in [5, 5.41) is 12.1. The standard InChI is InChI=1S/C15H17N3O2/c19-18(20)15-12-6-5-9-16-13(12)7-8-14(15)17-10-3-1-2-4-11-17/h5-9H,1-4,10-11H2. The predicted octanol–water partition coefficient (Wildman–Crippen LogP) is 3.52. The molecule has 1 aliphatic heterocycles. The topological polar surface area (TPSA) is 59.3 Å². The van der Waals surface area contributed by atoms with E-state index in [1.54, 1.807) is 18.3 Å². The number of nitro benzene ring substituents is 1. The molecule has 20 heavy (non-hydrogen) atoms. The van der Waals surface area contributed by atoms with Gasteiger partial charge in [-0.05, 0) is 37.1 Å². The van der Waals surface area contributed by atoms with Gasteiger partial charge in [0.15, 0.2) is 0 Å². The van der Waals surface area contributed by atoms with E-state index in [-0.39, 0.29) is 10.6 Å². The van der Waals surface area contributed by atoms with Crippen LogP contribution in [-0.2, 0) is 0 Å². The van der Waals surface area contributed by atoms with Gasteiger partial charge in [0, 0.05) is 19.3 Å². The van der Waals surface area contributed by atoms with Crippen LogP contribution in [0, 0.1) is 10.1 Å². The van der Waals surface area contributed by atoms with Gasteiger partial charge in [0.1, 0.15) is 5.69 Å². The molecule has 0 saturated carbocycles. The van der Waals surface area contributed by atoms with Crippen molar-refractivity contribution in [2.75, 3.05) is 18.0 Å². The van der Waals surface area contributed by atoms with Gasteiger partial charge < -0.3 is 4.90 Å². The Labute approximate surface area is 117 Å². The molecular weight excluding hydrogens is 254 g/mol. The van der Waals surface area contributed by atoms with Gasteiger partial charge in [0.25, 0.3) is 0 Å². The fourth-order valence-corrected chi connectivity index (χ4v) is 2.88. The number of benzene rings is 1. The van der Waals surface area contributed by atoms with Crippen LogP contribution in [0.25, 0.3) is 10.9 Å². The van der Waals surface area contributed by atoms with Crippen molar-refractivity contribution in [3.8, 4) is 0 Å². The maximum atomic E-state index is 11.5. The SMILES string of the molecule is O=[N+]([O-])c1c(N2CCCCCC2)ccc2ncccc12. The molecule has 2 aromatic rings. The van der Waals surface area contributed by atoms with Crippen LogP contribution in [0.5, 0.6) is 0 Å². The van der Waals surface area contributed by atoms with Crippen molar-refractivity contribution >= 4 is 22.3 Å². The number of aromatic nitrogens is 1. The minimum Gasteiger partial charge on any atom is -0.366 e. The molecule has 0 aliphatic carbocycles. The van der Waals surface area contributed by atoms with E-state index in [9.17, 15) is 10.1 Å². The highest BCUT2D eigenvalue weighted by Gasteiger charge is 2.23. The van der Waals surface area contributed by atoms with Gasteiger partial charge in [0.2, 0.25) is 0 Å². The molecule has 1 aliphatic rings. The highest BCUT2D eigenvalue weighted by molar-refractivity contribution is 5.94. The highest BCUT2D eigenvalue weighted by Crippen LogP contribution is 2.35. The van der Waals surface area contributed by atoms with Crippen LogP contribution in [0.15, 0.2) is 30.5 Å². The van der Waals surface area contributed by atoms with E-state index in [0.717, 1.165) is 31.6 Å². The zero-order valence-corrected chi connectivity index (χ0v) is 11.3. The third kappa shape index (κ3) is 2.31. The van der Waals surface area contributed by atoms with Gasteiger partial charge in [-0.3, -0.25) is 15.1 Å². The van der Waals surface area contributed by atoms with Gasteiger partial charge >= 0.3 is 5.69 Å². The number of anilines is 1. The number of fused-ring (bicyclic) bond motifs is 1. The van der Waals surface area contributed by atoms with E-state index in [4.69, 9.17) is 0 Å². The number of hydrogen-bond acceptors (Lipinski definition) is 4. The summed E-state index contributed by atoms with van der Waals surface area (Å²) in [6.45, 7) is 1.79. The Morgan fingerprint density at radius 3 is 2.55 bits per heavy atom. The Bertz CT molecular complexity index is 634. The summed E-state index contributed by atoms with van der Waals surface area (Å²) >= 11 is 0. The first-order valence-electron chi connectivity index (χ1n) is 7.04. The largest absolute Gasteiger partial charge is 0.366 e. The maximum absolute atomic E-state index is 11.5. The molecule has 5 nitrogen and oxygen atoms in total. The smallest absolute Gasteiger partial charge is 0.301 e. The number of hydrogen-bond donors (Lipinski definition) is 0. The number of nitro groups is 1. The summed E-state index contributed by atoms with van der Waals surface area (Å²) < 4.78 is 0. The summed E-state index contributed by atoms with van der Waals surface area (Å²) in [5.74, 6) is 0. The first-order valence-corrected chi connectivity index (χ1v) is 7.04. The fraction of sp³-hybridized carbons (Fsp3) is 0.400. The molecule has 0 radical (unpaired) electrons. The van der Waals surface area contributed by atoms with Crippen molar-refractivity contribution in [1.82, 2.24) is 4.98 Å². The molecule has 1 aromatic heterocycles. The molecule has 2 heterocycles. The van der Waals surface area contributed by atoms with Crippen molar-refractivity contribution in [3.05, 3.63) is 40.6 Å². The zero-order chi connectivity index (χ0) is 13.9. The average Bonchev–Trinajstić information content (AvgIpc) is 2.74. The van der Waals surface area contributed by atoms with Crippen LogP contribution >= 0.6 is 0 Å². The number of pyridine rings is 1. The van der Waals surface area contributed by atoms with Gasteiger partial charge in [-0.15, -0.1) is 0 Å². The van der Waals surface area contributed by atoms with E-state index in [1.807, 2.05) is 12.1 Å². The van der Waals surface area contributed by atoms with Crippen LogP contribution < -0.4 is 4.90 Å². The Kier molecular flexibility index (Phi) is 3.50. The van der Waals surface area contributed by atoms with Crippen LogP contribution in [0.2, 0.25) is 0 Å². The summed E-state index contributed by atoms with van der Waals surface area (Å²) in [6.07, 6.45) is 6.28. The molecular formula is C15H17N3O2. The van der Waals surface area contributed by atoms with E-state index >= 15 is 0 Å². The maximum Gasteiger partial charge on any atom is 0.301 e. The minimum absolute atomic E-state index is 0.192. The Morgan fingerprint density at radius 1 is 1.10 bits per heavy atom. The van der Waals surface area contributed by atoms with Gasteiger partial charge in [-0.1, -0.05) is 12.8 Å². The first kappa shape index (κ1) is 12.8. The highest BCUT2D eigenvalue weighted by atomic mass is 16.6. The Morgan fingerprint density at radius 2 is 1.85 bits per heavy atom. The fourth-order valence-electron chi connectivity index (χ4n) is 2.88. The molecule has 0 N–H and O–H groups in total. The lowest BCUT2D eigenvalue weighted by Crippen LogP contribution is -2.24. The molecule has 104 valence electrons. The lowest BCUT2D eigenvalue weighted by atomic mass is 10.1. The average molecular weight is 271 g/mol. The van der Waals surface area contributed by atoms with Crippen molar-refractivity contribution in [3.63, 3.8) is 0 Å². The third-order valence-corrected chi connectivity index (χ3v) is 3.86. The van der Waals surface area contributed by atoms with Crippen LogP contribution in [-0.4, -0.2) is 23.0 Å². The van der Waals surface area contributed by atoms with E-state index in [2.05, 4.69) is 9.88 Å². The normalized spacial score (nSPS) is 16.1. The third-order valence-electron chi connectivity index (χ3n) is 3.86. The predicted molar refractivity (Wildman–Crippen MR) is 79.1 cm³/mol. The molecule has 0 unspecified atom stereocenters. The summed E-state index contributed by atoms with van der Waals surface area (Å²) in [7, 11) is 0. The first-order chi connectivity index (χ1) is 9.77. The van der Waals surface area contributed by atoms with E-state index in [1.165, 1.54) is 12.8 Å². The lowest BCUT2D eigenvalue weighted by molar-refractivity contribution is -0.382. The number of rotatable bonds is 2. The van der Waals surface area contributed by atoms with Crippen molar-refractivity contribution in [2.24, 2.45) is 0 Å². The second-order valence-electron chi connectivity index (χ2n) is 5.16. The Hall–Kier alpha value is -2.17. The van der Waals surface area contributed by atoms with Crippen LogP contribution in [0.1, 0.15) is 25.7 Å². The molecule has 1 aromatic carbocycles. The summed E-state index contributed by atoms with van der Waals surface area (Å²) in [5.41, 5.74) is 1.60. The van der Waals surface area contributed by atoms with Crippen molar-refractivity contribution in [1.29, 1.82) is 0 Å². The molecule has 0 atom stereocenters. The lowest BCUT2D eigenvalue weighted by Gasteiger charge is -2.22. The molecule has 0 bridgehead atoms. The second-order valence-corrected chi connectivity index (χ2v) is 5.16. The monoisotopic (exact) mass is 271 g/mol. The van der Waals surface area contributed by atoms with E-state index < -0.39 is 0 Å². The molecule has 1 fully saturated rings. The zero-order valence-electron chi connectivity index (χ0n) is 11.3. The van der Waals surface area contributed by atoms with Gasteiger partial charge in [-0.2, -0.15) is 0 Å². The van der Waals surface area contributed by atoms with Gasteiger partial charge in [0.05, 0.1) is 15.8 Å².